The molecule has 0 unspecified atom stereocenters. The molecule has 0 saturated carbocycles. The molecule has 0 aliphatic heterocycles. The van der Waals surface area contributed by atoms with Gasteiger partial charge in [-0.2, -0.15) is 0 Å². The van der Waals surface area contributed by atoms with E-state index in [1.165, 1.54) is 5.56 Å². The molecule has 0 amide bonds. The molecule has 0 aliphatic carbocycles. The summed E-state index contributed by atoms with van der Waals surface area (Å²) in [5, 5.41) is 0. The van der Waals surface area contributed by atoms with Crippen molar-refractivity contribution in [3.8, 4) is 11.5 Å². The van der Waals surface area contributed by atoms with Crippen molar-refractivity contribution in [2.24, 2.45) is 5.73 Å². The predicted octanol–water partition coefficient (Wildman–Crippen LogP) is 2.95. The number of benzene rings is 1. The first kappa shape index (κ1) is 15.0. The molecule has 88 valence electrons. The standard InChI is InChI=1S/C11H12N2O.2ClH/c1-8-3-2-4-9(5-8)11-13-10(6-12)7-14-11;;/h2-5,7H,6,12H2,1H3;2*1H. The topological polar surface area (TPSA) is 52.0 Å². The lowest BCUT2D eigenvalue weighted by Crippen LogP contribution is -1.95. The molecular formula is C11H14Cl2N2O. The molecule has 0 fully saturated rings. The fourth-order valence-corrected chi connectivity index (χ4v) is 1.31. The smallest absolute Gasteiger partial charge is 0.226 e. The van der Waals surface area contributed by atoms with Crippen molar-refractivity contribution in [1.29, 1.82) is 0 Å². The van der Waals surface area contributed by atoms with Crippen LogP contribution in [0.25, 0.3) is 11.5 Å². The summed E-state index contributed by atoms with van der Waals surface area (Å²) in [7, 11) is 0. The van der Waals surface area contributed by atoms with Crippen molar-refractivity contribution in [3.63, 3.8) is 0 Å². The Balaban J connectivity index is 0.00000112. The minimum atomic E-state index is 0. The average molecular weight is 261 g/mol. The van der Waals surface area contributed by atoms with Gasteiger partial charge in [-0.15, -0.1) is 24.8 Å². The zero-order valence-corrected chi connectivity index (χ0v) is 10.5. The lowest BCUT2D eigenvalue weighted by atomic mass is 10.1. The lowest BCUT2D eigenvalue weighted by Gasteiger charge is -1.95. The molecule has 1 aromatic carbocycles. The first-order chi connectivity index (χ1) is 6.79. The highest BCUT2D eigenvalue weighted by atomic mass is 35.5. The summed E-state index contributed by atoms with van der Waals surface area (Å²) < 4.78 is 5.31. The van der Waals surface area contributed by atoms with E-state index in [-0.39, 0.29) is 24.8 Å². The van der Waals surface area contributed by atoms with Gasteiger partial charge in [0.2, 0.25) is 5.89 Å². The molecule has 0 saturated heterocycles. The summed E-state index contributed by atoms with van der Waals surface area (Å²) in [5.74, 6) is 0.633. The molecule has 3 nitrogen and oxygen atoms in total. The number of nitrogens with zero attached hydrogens (tertiary/aromatic N) is 1. The van der Waals surface area contributed by atoms with Gasteiger partial charge in [-0.25, -0.2) is 4.98 Å². The van der Waals surface area contributed by atoms with E-state index in [4.69, 9.17) is 10.2 Å². The molecule has 5 heteroatoms. The van der Waals surface area contributed by atoms with E-state index in [1.54, 1.807) is 6.26 Å². The van der Waals surface area contributed by atoms with Crippen molar-refractivity contribution < 1.29 is 4.42 Å². The minimum Gasteiger partial charge on any atom is -0.444 e. The van der Waals surface area contributed by atoms with Crippen LogP contribution in [-0.2, 0) is 6.54 Å². The fraction of sp³-hybridized carbons (Fsp3) is 0.182. The average Bonchev–Trinajstić information content (AvgIpc) is 2.66. The predicted molar refractivity (Wildman–Crippen MR) is 69.1 cm³/mol. The Kier molecular flexibility index (Phi) is 6.11. The number of rotatable bonds is 2. The van der Waals surface area contributed by atoms with Crippen molar-refractivity contribution in [3.05, 3.63) is 41.8 Å². The first-order valence-corrected chi connectivity index (χ1v) is 4.51. The largest absolute Gasteiger partial charge is 0.444 e. The fourth-order valence-electron chi connectivity index (χ4n) is 1.31. The highest BCUT2D eigenvalue weighted by Crippen LogP contribution is 2.19. The molecule has 0 radical (unpaired) electrons. The zero-order valence-electron chi connectivity index (χ0n) is 8.84. The molecule has 0 aliphatic rings. The Hall–Kier alpha value is -1.03. The zero-order chi connectivity index (χ0) is 9.97. The van der Waals surface area contributed by atoms with Crippen molar-refractivity contribution in [2.75, 3.05) is 0 Å². The van der Waals surface area contributed by atoms with E-state index in [0.29, 0.717) is 12.4 Å². The van der Waals surface area contributed by atoms with Crippen molar-refractivity contribution in [2.45, 2.75) is 13.5 Å². The number of aromatic nitrogens is 1. The second kappa shape index (κ2) is 6.53. The van der Waals surface area contributed by atoms with Crippen LogP contribution >= 0.6 is 24.8 Å². The summed E-state index contributed by atoms with van der Waals surface area (Å²) in [6, 6.07) is 8.03. The maximum atomic E-state index is 5.45. The Morgan fingerprint density at radius 2 is 2.06 bits per heavy atom. The normalized spacial score (nSPS) is 9.12. The number of nitrogens with two attached hydrogens (primary N) is 1. The third-order valence-electron chi connectivity index (χ3n) is 2.03. The molecule has 1 heterocycles. The van der Waals surface area contributed by atoms with Gasteiger partial charge in [0.25, 0.3) is 0 Å². The molecule has 1 aromatic heterocycles. The van der Waals surface area contributed by atoms with Gasteiger partial charge >= 0.3 is 0 Å². The molecule has 0 atom stereocenters. The molecule has 2 N–H and O–H groups in total. The summed E-state index contributed by atoms with van der Waals surface area (Å²) in [6.07, 6.45) is 1.59. The second-order valence-electron chi connectivity index (χ2n) is 3.22. The second-order valence-corrected chi connectivity index (χ2v) is 3.22. The highest BCUT2D eigenvalue weighted by molar-refractivity contribution is 5.85. The van der Waals surface area contributed by atoms with Crippen LogP contribution in [0.4, 0.5) is 0 Å². The molecule has 2 rings (SSSR count). The molecule has 16 heavy (non-hydrogen) atoms. The van der Waals surface area contributed by atoms with Gasteiger partial charge in [0.1, 0.15) is 6.26 Å². The minimum absolute atomic E-state index is 0. The number of oxazole rings is 1. The maximum absolute atomic E-state index is 5.45. The molecule has 2 aromatic rings. The summed E-state index contributed by atoms with van der Waals surface area (Å²) in [4.78, 5) is 4.25. The number of hydrogen-bond donors (Lipinski definition) is 1. The van der Waals surface area contributed by atoms with E-state index in [2.05, 4.69) is 4.98 Å². The van der Waals surface area contributed by atoms with Crippen LogP contribution in [-0.4, -0.2) is 4.98 Å². The highest BCUT2D eigenvalue weighted by Gasteiger charge is 2.04. The SMILES string of the molecule is Cc1cccc(-c2nc(CN)co2)c1.Cl.Cl. The molecule has 0 bridgehead atoms. The van der Waals surface area contributed by atoms with E-state index in [9.17, 15) is 0 Å². The van der Waals surface area contributed by atoms with Crippen LogP contribution < -0.4 is 5.73 Å². The Labute approximate surface area is 107 Å². The number of hydrogen-bond acceptors (Lipinski definition) is 3. The van der Waals surface area contributed by atoms with E-state index >= 15 is 0 Å². The van der Waals surface area contributed by atoms with E-state index in [1.807, 2.05) is 31.2 Å². The number of aryl methyl sites for hydroxylation is 1. The van der Waals surface area contributed by atoms with Crippen LogP contribution in [0.3, 0.4) is 0 Å². The van der Waals surface area contributed by atoms with Crippen molar-refractivity contribution in [1.82, 2.24) is 4.98 Å². The maximum Gasteiger partial charge on any atom is 0.226 e. The summed E-state index contributed by atoms with van der Waals surface area (Å²) >= 11 is 0. The third-order valence-corrected chi connectivity index (χ3v) is 2.03. The van der Waals surface area contributed by atoms with Crippen LogP contribution in [0.2, 0.25) is 0 Å². The Morgan fingerprint density at radius 3 is 2.62 bits per heavy atom. The van der Waals surface area contributed by atoms with Crippen LogP contribution in [0.5, 0.6) is 0 Å². The molecule has 0 spiro atoms. The van der Waals surface area contributed by atoms with Gasteiger partial charge in [-0.05, 0) is 19.1 Å². The van der Waals surface area contributed by atoms with Gasteiger partial charge in [-0.1, -0.05) is 17.7 Å². The van der Waals surface area contributed by atoms with E-state index < -0.39 is 0 Å². The van der Waals surface area contributed by atoms with E-state index in [0.717, 1.165) is 11.3 Å². The van der Waals surface area contributed by atoms with Gasteiger partial charge in [0, 0.05) is 12.1 Å². The van der Waals surface area contributed by atoms with Gasteiger partial charge < -0.3 is 10.2 Å². The van der Waals surface area contributed by atoms with Gasteiger partial charge in [0.15, 0.2) is 0 Å². The summed E-state index contributed by atoms with van der Waals surface area (Å²) in [5.41, 5.74) is 8.41. The van der Waals surface area contributed by atoms with Crippen molar-refractivity contribution >= 4 is 24.8 Å². The Morgan fingerprint density at radius 1 is 1.31 bits per heavy atom. The quantitative estimate of drug-likeness (QED) is 0.904. The van der Waals surface area contributed by atoms with Crippen LogP contribution in [0.15, 0.2) is 34.9 Å². The summed E-state index contributed by atoms with van der Waals surface area (Å²) in [6.45, 7) is 2.45. The third kappa shape index (κ3) is 3.23. The van der Waals surface area contributed by atoms with Gasteiger partial charge in [-0.3, -0.25) is 0 Å². The first-order valence-electron chi connectivity index (χ1n) is 4.51. The monoisotopic (exact) mass is 260 g/mol. The van der Waals surface area contributed by atoms with Crippen LogP contribution in [0.1, 0.15) is 11.3 Å². The van der Waals surface area contributed by atoms with Crippen LogP contribution in [0, 0.1) is 6.92 Å². The molecular weight excluding hydrogens is 247 g/mol. The van der Waals surface area contributed by atoms with Gasteiger partial charge in [0.05, 0.1) is 5.69 Å². The Bertz CT molecular complexity index is 443. The lowest BCUT2D eigenvalue weighted by molar-refractivity contribution is 0.572. The number of halogens is 2.